The lowest BCUT2D eigenvalue weighted by molar-refractivity contribution is 0.125. The quantitative estimate of drug-likeness (QED) is 0.749. The van der Waals surface area contributed by atoms with Crippen LogP contribution in [-0.2, 0) is 6.54 Å². The minimum Gasteiger partial charge on any atom is -0.302 e. The molecule has 0 fully saturated rings. The molecule has 1 heterocycles. The van der Waals surface area contributed by atoms with Crippen LogP contribution in [0.2, 0.25) is 0 Å². The Morgan fingerprint density at radius 1 is 1.16 bits per heavy atom. The van der Waals surface area contributed by atoms with Crippen LogP contribution >= 0.6 is 22.6 Å². The van der Waals surface area contributed by atoms with Crippen molar-refractivity contribution in [3.05, 3.63) is 56.1 Å². The highest BCUT2D eigenvalue weighted by Gasteiger charge is 2.15. The van der Waals surface area contributed by atoms with Gasteiger partial charge in [0.05, 0.1) is 15.8 Å². The SMILES string of the molecule is O=c1c(I)ccc(-c2ccccc2F)n1CC(F)F. The zero-order chi connectivity index (χ0) is 14.0. The van der Waals surface area contributed by atoms with Crippen LogP contribution in [0, 0.1) is 9.39 Å². The number of hydrogen-bond acceptors (Lipinski definition) is 1. The predicted octanol–water partition coefficient (Wildman–Crippen LogP) is 3.52. The van der Waals surface area contributed by atoms with Crippen LogP contribution in [0.15, 0.2) is 41.2 Å². The molecule has 1 aromatic carbocycles. The maximum atomic E-state index is 13.7. The largest absolute Gasteiger partial charge is 0.302 e. The van der Waals surface area contributed by atoms with Crippen molar-refractivity contribution in [2.45, 2.75) is 13.0 Å². The first kappa shape index (κ1) is 14.1. The Hall–Kier alpha value is -1.31. The summed E-state index contributed by atoms with van der Waals surface area (Å²) in [5.74, 6) is -0.550. The van der Waals surface area contributed by atoms with E-state index in [4.69, 9.17) is 0 Å². The van der Waals surface area contributed by atoms with Gasteiger partial charge < -0.3 is 4.57 Å². The van der Waals surface area contributed by atoms with Crippen molar-refractivity contribution in [3.8, 4) is 11.3 Å². The lowest BCUT2D eigenvalue weighted by Crippen LogP contribution is -2.26. The fourth-order valence-corrected chi connectivity index (χ4v) is 2.25. The number of alkyl halides is 2. The third-order valence-corrected chi connectivity index (χ3v) is 3.42. The summed E-state index contributed by atoms with van der Waals surface area (Å²) in [5, 5.41) is 0. The van der Waals surface area contributed by atoms with Gasteiger partial charge in [0.15, 0.2) is 0 Å². The highest BCUT2D eigenvalue weighted by Crippen LogP contribution is 2.22. The van der Waals surface area contributed by atoms with Gasteiger partial charge >= 0.3 is 0 Å². The van der Waals surface area contributed by atoms with Crippen molar-refractivity contribution in [1.82, 2.24) is 4.57 Å². The van der Waals surface area contributed by atoms with Gasteiger partial charge in [0.1, 0.15) is 5.82 Å². The highest BCUT2D eigenvalue weighted by atomic mass is 127. The maximum Gasteiger partial charge on any atom is 0.264 e. The van der Waals surface area contributed by atoms with Gasteiger partial charge in [0.2, 0.25) is 0 Å². The normalized spacial score (nSPS) is 11.0. The van der Waals surface area contributed by atoms with Crippen LogP contribution in [-0.4, -0.2) is 11.0 Å². The molecule has 0 aliphatic carbocycles. The van der Waals surface area contributed by atoms with E-state index < -0.39 is 24.3 Å². The smallest absolute Gasteiger partial charge is 0.264 e. The second kappa shape index (κ2) is 5.77. The van der Waals surface area contributed by atoms with Crippen LogP contribution in [0.25, 0.3) is 11.3 Å². The van der Waals surface area contributed by atoms with E-state index in [-0.39, 0.29) is 11.3 Å². The number of benzene rings is 1. The van der Waals surface area contributed by atoms with Crippen molar-refractivity contribution in [2.75, 3.05) is 0 Å². The summed E-state index contributed by atoms with van der Waals surface area (Å²) in [5.41, 5.74) is -0.248. The van der Waals surface area contributed by atoms with Gasteiger partial charge in [-0.05, 0) is 46.9 Å². The molecule has 0 saturated heterocycles. The molecule has 19 heavy (non-hydrogen) atoms. The molecule has 0 spiro atoms. The van der Waals surface area contributed by atoms with Gasteiger partial charge in [0.25, 0.3) is 12.0 Å². The summed E-state index contributed by atoms with van der Waals surface area (Å²) in [6, 6.07) is 8.74. The number of nitrogens with zero attached hydrogens (tertiary/aromatic N) is 1. The van der Waals surface area contributed by atoms with E-state index in [1.807, 2.05) is 0 Å². The fourth-order valence-electron chi connectivity index (χ4n) is 1.78. The first-order valence-corrected chi connectivity index (χ1v) is 6.51. The van der Waals surface area contributed by atoms with Crippen molar-refractivity contribution < 1.29 is 13.2 Å². The number of rotatable bonds is 3. The third-order valence-electron chi connectivity index (χ3n) is 2.60. The lowest BCUT2D eigenvalue weighted by Gasteiger charge is -2.13. The molecule has 1 aromatic heterocycles. The lowest BCUT2D eigenvalue weighted by atomic mass is 10.1. The molecule has 0 saturated carbocycles. The molecule has 6 heteroatoms. The number of hydrogen-bond donors (Lipinski definition) is 0. The molecule has 0 radical (unpaired) electrons. The second-order valence-corrected chi connectivity index (χ2v) is 5.02. The Morgan fingerprint density at radius 2 is 1.84 bits per heavy atom. The number of pyridine rings is 1. The standard InChI is InChI=1S/C13H9F3INO/c14-9-4-2-1-3-8(9)11-6-5-10(17)13(19)18(11)7-12(15)16/h1-6,12H,7H2. The highest BCUT2D eigenvalue weighted by molar-refractivity contribution is 14.1. The Kier molecular flexibility index (Phi) is 4.28. The Labute approximate surface area is 121 Å². The maximum absolute atomic E-state index is 13.7. The molecule has 2 aromatic rings. The minimum absolute atomic E-state index is 0.136. The molecule has 0 bridgehead atoms. The summed E-state index contributed by atoms with van der Waals surface area (Å²) in [7, 11) is 0. The van der Waals surface area contributed by atoms with Crippen molar-refractivity contribution in [3.63, 3.8) is 0 Å². The topological polar surface area (TPSA) is 22.0 Å². The molecule has 100 valence electrons. The predicted molar refractivity (Wildman–Crippen MR) is 74.8 cm³/mol. The summed E-state index contributed by atoms with van der Waals surface area (Å²) in [6.45, 7) is -0.751. The zero-order valence-corrected chi connectivity index (χ0v) is 11.8. The van der Waals surface area contributed by atoms with E-state index in [2.05, 4.69) is 0 Å². The molecule has 0 amide bonds. The average Bonchev–Trinajstić information content (AvgIpc) is 2.36. The molecule has 0 atom stereocenters. The Balaban J connectivity index is 2.67. The molecule has 2 nitrogen and oxygen atoms in total. The van der Waals surface area contributed by atoms with Crippen molar-refractivity contribution >= 4 is 22.6 Å². The van der Waals surface area contributed by atoms with Crippen LogP contribution in [0.5, 0.6) is 0 Å². The van der Waals surface area contributed by atoms with E-state index in [1.165, 1.54) is 30.3 Å². The molecule has 0 unspecified atom stereocenters. The fraction of sp³-hybridized carbons (Fsp3) is 0.154. The van der Waals surface area contributed by atoms with Gasteiger partial charge in [-0.1, -0.05) is 12.1 Å². The van der Waals surface area contributed by atoms with Crippen LogP contribution in [0.3, 0.4) is 0 Å². The minimum atomic E-state index is -2.68. The van der Waals surface area contributed by atoms with Gasteiger partial charge in [-0.2, -0.15) is 0 Å². The van der Waals surface area contributed by atoms with E-state index in [1.54, 1.807) is 28.7 Å². The van der Waals surface area contributed by atoms with Crippen LogP contribution in [0.1, 0.15) is 0 Å². The van der Waals surface area contributed by atoms with Gasteiger partial charge in [0, 0.05) is 5.56 Å². The molecule has 0 aliphatic heterocycles. The van der Waals surface area contributed by atoms with Crippen molar-refractivity contribution in [2.24, 2.45) is 0 Å². The van der Waals surface area contributed by atoms with Gasteiger partial charge in [-0.25, -0.2) is 13.2 Å². The molecule has 2 rings (SSSR count). The van der Waals surface area contributed by atoms with E-state index >= 15 is 0 Å². The van der Waals surface area contributed by atoms with E-state index in [0.717, 1.165) is 4.57 Å². The molecular formula is C13H9F3INO. The molecule has 0 aliphatic rings. The first-order chi connectivity index (χ1) is 9.00. The van der Waals surface area contributed by atoms with Gasteiger partial charge in [-0.3, -0.25) is 4.79 Å². The monoisotopic (exact) mass is 379 g/mol. The van der Waals surface area contributed by atoms with Crippen LogP contribution < -0.4 is 5.56 Å². The Bertz CT molecular complexity index is 655. The second-order valence-electron chi connectivity index (χ2n) is 3.85. The Morgan fingerprint density at radius 3 is 2.47 bits per heavy atom. The van der Waals surface area contributed by atoms with Crippen LogP contribution in [0.4, 0.5) is 13.2 Å². The van der Waals surface area contributed by atoms with Gasteiger partial charge in [-0.15, -0.1) is 0 Å². The average molecular weight is 379 g/mol. The van der Waals surface area contributed by atoms with Crippen molar-refractivity contribution in [1.29, 1.82) is 0 Å². The first-order valence-electron chi connectivity index (χ1n) is 5.43. The zero-order valence-electron chi connectivity index (χ0n) is 9.62. The molecule has 0 N–H and O–H groups in total. The van der Waals surface area contributed by atoms with E-state index in [0.29, 0.717) is 3.57 Å². The third kappa shape index (κ3) is 2.99. The summed E-state index contributed by atoms with van der Waals surface area (Å²) >= 11 is 1.77. The summed E-state index contributed by atoms with van der Waals surface area (Å²) in [4.78, 5) is 11.9. The summed E-state index contributed by atoms with van der Waals surface area (Å²) in [6.07, 6.45) is -2.68. The number of aromatic nitrogens is 1. The van der Waals surface area contributed by atoms with E-state index in [9.17, 15) is 18.0 Å². The number of halogens is 4. The molecular weight excluding hydrogens is 370 g/mol. The summed E-state index contributed by atoms with van der Waals surface area (Å²) < 4.78 is 40.1.